The van der Waals surface area contributed by atoms with E-state index in [4.69, 9.17) is 0 Å². The van der Waals surface area contributed by atoms with Gasteiger partial charge in [0.25, 0.3) is 5.69 Å². The lowest BCUT2D eigenvalue weighted by atomic mass is 10.2. The second kappa shape index (κ2) is 6.29. The highest BCUT2D eigenvalue weighted by Gasteiger charge is 2.20. The molecule has 0 saturated carbocycles. The van der Waals surface area contributed by atoms with Gasteiger partial charge in [0.1, 0.15) is 0 Å². The van der Waals surface area contributed by atoms with Gasteiger partial charge in [0, 0.05) is 36.7 Å². The van der Waals surface area contributed by atoms with E-state index in [0.29, 0.717) is 12.0 Å². The zero-order chi connectivity index (χ0) is 15.5. The fourth-order valence-electron chi connectivity index (χ4n) is 1.74. The van der Waals surface area contributed by atoms with Gasteiger partial charge in [-0.25, -0.2) is 18.1 Å². The van der Waals surface area contributed by atoms with Crippen LogP contribution in [0.1, 0.15) is 10.6 Å². The van der Waals surface area contributed by atoms with Gasteiger partial charge in [0.05, 0.1) is 14.8 Å². The molecule has 0 bridgehead atoms. The van der Waals surface area contributed by atoms with Gasteiger partial charge < -0.3 is 0 Å². The summed E-state index contributed by atoms with van der Waals surface area (Å²) in [5.74, 6) is 0. The number of aromatic nitrogens is 1. The van der Waals surface area contributed by atoms with Crippen LogP contribution in [0.15, 0.2) is 34.7 Å². The lowest BCUT2D eigenvalue weighted by Crippen LogP contribution is -2.26. The Labute approximate surface area is 125 Å². The first-order valence-electron chi connectivity index (χ1n) is 6.03. The monoisotopic (exact) mass is 327 g/mol. The minimum atomic E-state index is -3.78. The van der Waals surface area contributed by atoms with Crippen molar-refractivity contribution in [3.63, 3.8) is 0 Å². The molecule has 1 heterocycles. The summed E-state index contributed by atoms with van der Waals surface area (Å²) >= 11 is 1.44. The molecule has 1 N–H and O–H groups in total. The predicted octanol–water partition coefficient (Wildman–Crippen LogP) is 1.88. The van der Waals surface area contributed by atoms with Crippen molar-refractivity contribution in [2.75, 3.05) is 6.54 Å². The highest BCUT2D eigenvalue weighted by molar-refractivity contribution is 7.89. The third-order valence-electron chi connectivity index (χ3n) is 2.79. The molecule has 9 heteroatoms. The highest BCUT2D eigenvalue weighted by atomic mass is 32.2. The molecule has 0 aliphatic carbocycles. The van der Waals surface area contributed by atoms with Crippen LogP contribution >= 0.6 is 11.3 Å². The maximum atomic E-state index is 12.2. The Morgan fingerprint density at radius 2 is 2.19 bits per heavy atom. The second-order valence-electron chi connectivity index (χ2n) is 4.28. The Balaban J connectivity index is 2.15. The van der Waals surface area contributed by atoms with Gasteiger partial charge >= 0.3 is 0 Å². The number of nitrogens with one attached hydrogen (secondary N) is 1. The molecular weight excluding hydrogens is 314 g/mol. The number of non-ortho nitro benzene ring substituents is 1. The van der Waals surface area contributed by atoms with Gasteiger partial charge in [-0.15, -0.1) is 11.3 Å². The summed E-state index contributed by atoms with van der Waals surface area (Å²) in [6.07, 6.45) is 2.13. The van der Waals surface area contributed by atoms with Gasteiger partial charge in [-0.3, -0.25) is 10.1 Å². The van der Waals surface area contributed by atoms with E-state index in [1.807, 2.05) is 5.38 Å². The Hall–Kier alpha value is -1.84. The minimum Gasteiger partial charge on any atom is -0.258 e. The number of nitro benzene ring substituents is 1. The first-order valence-corrected chi connectivity index (χ1v) is 8.39. The fraction of sp³-hybridized carbons (Fsp3) is 0.250. The van der Waals surface area contributed by atoms with E-state index < -0.39 is 14.9 Å². The lowest BCUT2D eigenvalue weighted by Gasteiger charge is -2.08. The molecule has 0 unspecified atom stereocenters. The number of benzene rings is 1. The summed E-state index contributed by atoms with van der Waals surface area (Å²) in [4.78, 5) is 14.1. The number of nitro groups is 1. The Morgan fingerprint density at radius 1 is 1.43 bits per heavy atom. The summed E-state index contributed by atoms with van der Waals surface area (Å²) in [6.45, 7) is 1.79. The average Bonchev–Trinajstić information content (AvgIpc) is 2.91. The lowest BCUT2D eigenvalue weighted by molar-refractivity contribution is -0.385. The fourth-order valence-corrected chi connectivity index (χ4v) is 3.65. The predicted molar refractivity (Wildman–Crippen MR) is 78.8 cm³/mol. The summed E-state index contributed by atoms with van der Waals surface area (Å²) in [5.41, 5.74) is 0.211. The zero-order valence-electron chi connectivity index (χ0n) is 11.1. The molecule has 0 fully saturated rings. The van der Waals surface area contributed by atoms with Crippen molar-refractivity contribution < 1.29 is 13.3 Å². The Morgan fingerprint density at radius 3 is 2.81 bits per heavy atom. The number of hydrogen-bond acceptors (Lipinski definition) is 6. The van der Waals surface area contributed by atoms with Crippen molar-refractivity contribution in [3.05, 3.63) is 50.5 Å². The van der Waals surface area contributed by atoms with E-state index in [0.717, 1.165) is 11.1 Å². The zero-order valence-corrected chi connectivity index (χ0v) is 12.8. The molecule has 0 spiro atoms. The Bertz CT molecular complexity index is 742. The normalized spacial score (nSPS) is 11.5. The molecule has 21 heavy (non-hydrogen) atoms. The first kappa shape index (κ1) is 15.5. The molecule has 0 aliphatic heterocycles. The van der Waals surface area contributed by atoms with Crippen molar-refractivity contribution in [1.29, 1.82) is 0 Å². The number of thiazole rings is 1. The van der Waals surface area contributed by atoms with E-state index in [9.17, 15) is 18.5 Å². The van der Waals surface area contributed by atoms with Crippen molar-refractivity contribution in [1.82, 2.24) is 9.71 Å². The molecule has 2 rings (SSSR count). The molecular formula is C12H13N3O4S2. The van der Waals surface area contributed by atoms with Gasteiger partial charge in [0.15, 0.2) is 0 Å². The SMILES string of the molecule is Cc1ccc([N+](=O)[O-])cc1S(=O)(=O)NCCc1nccs1. The number of sulfonamides is 1. The van der Waals surface area contributed by atoms with Gasteiger partial charge in [0.2, 0.25) is 10.0 Å². The van der Waals surface area contributed by atoms with E-state index in [-0.39, 0.29) is 17.1 Å². The van der Waals surface area contributed by atoms with Crippen LogP contribution in [0.5, 0.6) is 0 Å². The van der Waals surface area contributed by atoms with Crippen LogP contribution < -0.4 is 4.72 Å². The summed E-state index contributed by atoms with van der Waals surface area (Å²) in [6, 6.07) is 3.78. The summed E-state index contributed by atoms with van der Waals surface area (Å²) in [5, 5.41) is 13.4. The smallest absolute Gasteiger partial charge is 0.258 e. The molecule has 0 saturated heterocycles. The highest BCUT2D eigenvalue weighted by Crippen LogP contribution is 2.21. The van der Waals surface area contributed by atoms with Crippen LogP contribution in [0.25, 0.3) is 0 Å². The van der Waals surface area contributed by atoms with Crippen LogP contribution in [0.3, 0.4) is 0 Å². The second-order valence-corrected chi connectivity index (χ2v) is 7.00. The van der Waals surface area contributed by atoms with Crippen molar-refractivity contribution >= 4 is 27.0 Å². The Kier molecular flexibility index (Phi) is 4.66. The number of nitrogens with zero attached hydrogens (tertiary/aromatic N) is 2. The third-order valence-corrected chi connectivity index (χ3v) is 5.23. The summed E-state index contributed by atoms with van der Waals surface area (Å²) < 4.78 is 26.8. The van der Waals surface area contributed by atoms with Gasteiger partial charge in [-0.1, -0.05) is 6.07 Å². The van der Waals surface area contributed by atoms with Crippen molar-refractivity contribution in [2.24, 2.45) is 0 Å². The van der Waals surface area contributed by atoms with Crippen LogP contribution in [0.2, 0.25) is 0 Å². The van der Waals surface area contributed by atoms with E-state index in [1.165, 1.54) is 23.5 Å². The number of rotatable bonds is 6. The van der Waals surface area contributed by atoms with E-state index in [2.05, 4.69) is 9.71 Å². The molecule has 0 aliphatic rings. The maximum absolute atomic E-state index is 12.2. The van der Waals surface area contributed by atoms with Gasteiger partial charge in [-0.2, -0.15) is 0 Å². The molecule has 0 atom stereocenters. The van der Waals surface area contributed by atoms with Crippen LogP contribution in [0, 0.1) is 17.0 Å². The average molecular weight is 327 g/mol. The standard InChI is InChI=1S/C12H13N3O4S2/c1-9-2-3-10(15(16)17)8-11(9)21(18,19)14-5-4-12-13-6-7-20-12/h2-3,6-8,14H,4-5H2,1H3. The third kappa shape index (κ3) is 3.84. The van der Waals surface area contributed by atoms with Crippen LogP contribution in [-0.4, -0.2) is 24.9 Å². The minimum absolute atomic E-state index is 0.0733. The maximum Gasteiger partial charge on any atom is 0.270 e. The molecule has 0 amide bonds. The molecule has 1 aromatic heterocycles. The van der Waals surface area contributed by atoms with E-state index >= 15 is 0 Å². The van der Waals surface area contributed by atoms with Crippen LogP contribution in [-0.2, 0) is 16.4 Å². The number of aryl methyl sites for hydroxylation is 1. The molecule has 1 aromatic carbocycles. The van der Waals surface area contributed by atoms with Crippen LogP contribution in [0.4, 0.5) is 5.69 Å². The van der Waals surface area contributed by atoms with Crippen molar-refractivity contribution in [2.45, 2.75) is 18.2 Å². The molecule has 0 radical (unpaired) electrons. The molecule has 2 aromatic rings. The molecule has 112 valence electrons. The first-order chi connectivity index (χ1) is 9.90. The summed E-state index contributed by atoms with van der Waals surface area (Å²) in [7, 11) is -3.78. The largest absolute Gasteiger partial charge is 0.270 e. The van der Waals surface area contributed by atoms with E-state index in [1.54, 1.807) is 13.1 Å². The van der Waals surface area contributed by atoms with Gasteiger partial charge in [-0.05, 0) is 12.5 Å². The quantitative estimate of drug-likeness (QED) is 0.644. The topological polar surface area (TPSA) is 102 Å². The number of hydrogen-bond donors (Lipinski definition) is 1. The van der Waals surface area contributed by atoms with Crippen molar-refractivity contribution in [3.8, 4) is 0 Å². The molecule has 7 nitrogen and oxygen atoms in total.